The van der Waals surface area contributed by atoms with Crippen LogP contribution in [0.1, 0.15) is 47.0 Å². The van der Waals surface area contributed by atoms with Gasteiger partial charge in [0.15, 0.2) is 0 Å². The zero-order valence-electron chi connectivity index (χ0n) is 12.2. The summed E-state index contributed by atoms with van der Waals surface area (Å²) >= 11 is 0. The predicted octanol–water partition coefficient (Wildman–Crippen LogP) is 3.06. The molecule has 4 heteroatoms. The van der Waals surface area contributed by atoms with Crippen LogP contribution in [-0.2, 0) is 9.47 Å². The molecule has 0 aliphatic carbocycles. The minimum atomic E-state index is -0.400. The van der Waals surface area contributed by atoms with E-state index in [1.807, 2.05) is 32.6 Å². The normalized spacial score (nSPS) is 17.9. The molecular formula is C14H27NO3. The maximum absolute atomic E-state index is 11.9. The maximum Gasteiger partial charge on any atom is 0.410 e. The van der Waals surface area contributed by atoms with Crippen LogP contribution in [0.4, 0.5) is 4.79 Å². The van der Waals surface area contributed by atoms with Crippen molar-refractivity contribution in [2.75, 3.05) is 26.3 Å². The van der Waals surface area contributed by atoms with Gasteiger partial charge in [0.05, 0.1) is 0 Å². The molecule has 1 rings (SSSR count). The first-order valence-electron chi connectivity index (χ1n) is 6.98. The summed E-state index contributed by atoms with van der Waals surface area (Å²) in [5.74, 6) is 0.690. The average Bonchev–Trinajstić information content (AvgIpc) is 2.28. The molecule has 1 aliphatic rings. The number of carbonyl (C=O) groups is 1. The molecule has 1 heterocycles. The molecular weight excluding hydrogens is 230 g/mol. The Balaban J connectivity index is 2.24. The lowest BCUT2D eigenvalue weighted by molar-refractivity contribution is 0.0169. The molecule has 0 unspecified atom stereocenters. The smallest absolute Gasteiger partial charge is 0.410 e. The van der Waals surface area contributed by atoms with E-state index in [4.69, 9.17) is 9.47 Å². The average molecular weight is 257 g/mol. The molecule has 0 aromatic carbocycles. The molecule has 0 spiro atoms. The van der Waals surface area contributed by atoms with Crippen LogP contribution in [0, 0.1) is 5.92 Å². The van der Waals surface area contributed by atoms with E-state index in [-0.39, 0.29) is 6.09 Å². The van der Waals surface area contributed by atoms with Crippen molar-refractivity contribution in [3.8, 4) is 0 Å². The molecule has 0 aromatic heterocycles. The van der Waals surface area contributed by atoms with Crippen molar-refractivity contribution < 1.29 is 14.3 Å². The van der Waals surface area contributed by atoms with E-state index in [1.54, 1.807) is 0 Å². The van der Waals surface area contributed by atoms with E-state index in [1.165, 1.54) is 0 Å². The molecule has 18 heavy (non-hydrogen) atoms. The second kappa shape index (κ2) is 6.98. The highest BCUT2D eigenvalue weighted by atomic mass is 16.6. The summed E-state index contributed by atoms with van der Waals surface area (Å²) in [6.07, 6.45) is 3.06. The van der Waals surface area contributed by atoms with Gasteiger partial charge in [-0.1, -0.05) is 0 Å². The maximum atomic E-state index is 11.9. The highest BCUT2D eigenvalue weighted by molar-refractivity contribution is 5.68. The lowest BCUT2D eigenvalue weighted by Crippen LogP contribution is -2.41. The van der Waals surface area contributed by atoms with Crippen molar-refractivity contribution in [3.05, 3.63) is 0 Å². The van der Waals surface area contributed by atoms with Gasteiger partial charge in [0.2, 0.25) is 0 Å². The highest BCUT2D eigenvalue weighted by Gasteiger charge is 2.26. The first-order chi connectivity index (χ1) is 8.42. The molecule has 106 valence electrons. The Morgan fingerprint density at radius 2 is 1.89 bits per heavy atom. The first-order valence-corrected chi connectivity index (χ1v) is 6.98. The Labute approximate surface area is 111 Å². The van der Waals surface area contributed by atoms with Crippen molar-refractivity contribution in [1.29, 1.82) is 0 Å². The summed E-state index contributed by atoms with van der Waals surface area (Å²) in [6, 6.07) is 0. The van der Waals surface area contributed by atoms with Crippen LogP contribution in [0.3, 0.4) is 0 Å². The largest absolute Gasteiger partial charge is 0.444 e. The standard InChI is InChI=1S/C14H27NO3/c1-5-17-11-8-12-6-9-15(10-7-12)13(16)18-14(2,3)4/h12H,5-11H2,1-4H3. The van der Waals surface area contributed by atoms with Gasteiger partial charge in [0, 0.05) is 26.3 Å². The first kappa shape index (κ1) is 15.3. The quantitative estimate of drug-likeness (QED) is 0.727. The van der Waals surface area contributed by atoms with Crippen molar-refractivity contribution in [2.45, 2.75) is 52.6 Å². The Bertz CT molecular complexity index is 252. The Morgan fingerprint density at radius 1 is 1.28 bits per heavy atom. The number of ether oxygens (including phenoxy) is 2. The second-order valence-corrected chi connectivity index (χ2v) is 5.90. The molecule has 0 radical (unpaired) electrons. The monoisotopic (exact) mass is 257 g/mol. The Morgan fingerprint density at radius 3 is 2.39 bits per heavy atom. The summed E-state index contributed by atoms with van der Waals surface area (Å²) < 4.78 is 10.7. The van der Waals surface area contributed by atoms with Crippen LogP contribution in [-0.4, -0.2) is 42.9 Å². The van der Waals surface area contributed by atoms with E-state index in [0.29, 0.717) is 5.92 Å². The van der Waals surface area contributed by atoms with Gasteiger partial charge >= 0.3 is 6.09 Å². The van der Waals surface area contributed by atoms with Gasteiger partial charge in [-0.3, -0.25) is 0 Å². The predicted molar refractivity (Wildman–Crippen MR) is 71.6 cm³/mol. The fraction of sp³-hybridized carbons (Fsp3) is 0.929. The second-order valence-electron chi connectivity index (χ2n) is 5.90. The number of nitrogens with zero attached hydrogens (tertiary/aromatic N) is 1. The molecule has 0 atom stereocenters. The third kappa shape index (κ3) is 5.71. The van der Waals surface area contributed by atoms with Crippen molar-refractivity contribution in [3.63, 3.8) is 0 Å². The van der Waals surface area contributed by atoms with Gasteiger partial charge in [-0.15, -0.1) is 0 Å². The number of likely N-dealkylation sites (tertiary alicyclic amines) is 1. The van der Waals surface area contributed by atoms with E-state index in [9.17, 15) is 4.79 Å². The van der Waals surface area contributed by atoms with Crippen molar-refractivity contribution in [1.82, 2.24) is 4.90 Å². The van der Waals surface area contributed by atoms with Crippen LogP contribution >= 0.6 is 0 Å². The minimum absolute atomic E-state index is 0.175. The topological polar surface area (TPSA) is 38.8 Å². The van der Waals surface area contributed by atoms with Crippen LogP contribution in [0.5, 0.6) is 0 Å². The summed E-state index contributed by atoms with van der Waals surface area (Å²) in [7, 11) is 0. The summed E-state index contributed by atoms with van der Waals surface area (Å²) in [5, 5.41) is 0. The van der Waals surface area contributed by atoms with Crippen molar-refractivity contribution in [2.24, 2.45) is 5.92 Å². The molecule has 0 aromatic rings. The van der Waals surface area contributed by atoms with E-state index >= 15 is 0 Å². The van der Waals surface area contributed by atoms with Gasteiger partial charge in [-0.2, -0.15) is 0 Å². The van der Waals surface area contributed by atoms with Crippen LogP contribution < -0.4 is 0 Å². The van der Waals surface area contributed by atoms with E-state index in [0.717, 1.165) is 45.6 Å². The minimum Gasteiger partial charge on any atom is -0.444 e. The third-order valence-corrected chi connectivity index (χ3v) is 3.14. The number of hydrogen-bond donors (Lipinski definition) is 0. The van der Waals surface area contributed by atoms with Crippen molar-refractivity contribution >= 4 is 6.09 Å². The van der Waals surface area contributed by atoms with Gasteiger partial charge < -0.3 is 14.4 Å². The fourth-order valence-corrected chi connectivity index (χ4v) is 2.13. The highest BCUT2D eigenvalue weighted by Crippen LogP contribution is 2.22. The lowest BCUT2D eigenvalue weighted by atomic mass is 9.94. The van der Waals surface area contributed by atoms with E-state index < -0.39 is 5.60 Å². The molecule has 0 N–H and O–H groups in total. The summed E-state index contributed by atoms with van der Waals surface area (Å²) in [5.41, 5.74) is -0.400. The lowest BCUT2D eigenvalue weighted by Gasteiger charge is -2.33. The molecule has 1 fully saturated rings. The number of amides is 1. The molecule has 1 aliphatic heterocycles. The molecule has 1 saturated heterocycles. The van der Waals surface area contributed by atoms with Crippen LogP contribution in [0.2, 0.25) is 0 Å². The number of hydrogen-bond acceptors (Lipinski definition) is 3. The van der Waals surface area contributed by atoms with Crippen LogP contribution in [0.15, 0.2) is 0 Å². The van der Waals surface area contributed by atoms with Gasteiger partial charge in [0.1, 0.15) is 5.60 Å². The molecule has 0 bridgehead atoms. The zero-order chi connectivity index (χ0) is 13.6. The third-order valence-electron chi connectivity index (χ3n) is 3.14. The number of rotatable bonds is 4. The van der Waals surface area contributed by atoms with E-state index in [2.05, 4.69) is 0 Å². The summed E-state index contributed by atoms with van der Waals surface area (Å²) in [6.45, 7) is 11.0. The Hall–Kier alpha value is -0.770. The number of carbonyl (C=O) groups excluding carboxylic acids is 1. The Kier molecular flexibility index (Phi) is 5.93. The van der Waals surface area contributed by atoms with Gasteiger partial charge in [0.25, 0.3) is 0 Å². The molecule has 0 saturated carbocycles. The van der Waals surface area contributed by atoms with Crippen LogP contribution in [0.25, 0.3) is 0 Å². The SMILES string of the molecule is CCOCCC1CCN(C(=O)OC(C)(C)C)CC1. The number of piperidine rings is 1. The molecule has 4 nitrogen and oxygen atoms in total. The molecule has 1 amide bonds. The van der Waals surface area contributed by atoms with Gasteiger partial charge in [-0.05, 0) is 52.9 Å². The zero-order valence-corrected chi connectivity index (χ0v) is 12.2. The fourth-order valence-electron chi connectivity index (χ4n) is 2.13. The van der Waals surface area contributed by atoms with Gasteiger partial charge in [-0.25, -0.2) is 4.79 Å². The summed E-state index contributed by atoms with van der Waals surface area (Å²) in [4.78, 5) is 13.7.